The number of nitrogens with zero attached hydrogens (tertiary/aromatic N) is 1. The van der Waals surface area contributed by atoms with E-state index >= 15 is 0 Å². The van der Waals surface area contributed by atoms with Crippen molar-refractivity contribution in [3.63, 3.8) is 0 Å². The molecule has 2 aliphatic carbocycles. The Hall–Kier alpha value is -3.48. The number of likely N-dealkylation sites (tertiary alicyclic amines) is 1. The summed E-state index contributed by atoms with van der Waals surface area (Å²) >= 11 is 0. The molecule has 0 radical (unpaired) electrons. The molecule has 1 fully saturated rings. The van der Waals surface area contributed by atoms with Crippen molar-refractivity contribution in [3.8, 4) is 23.0 Å². The van der Waals surface area contributed by atoms with Gasteiger partial charge in [0, 0.05) is 28.5 Å². The van der Waals surface area contributed by atoms with E-state index in [1.807, 2.05) is 67.6 Å². The van der Waals surface area contributed by atoms with E-state index in [0.717, 1.165) is 30.5 Å². The highest BCUT2D eigenvalue weighted by molar-refractivity contribution is 5.65. The van der Waals surface area contributed by atoms with Crippen LogP contribution in [0.2, 0.25) is 0 Å². The van der Waals surface area contributed by atoms with Gasteiger partial charge in [0.25, 0.3) is 0 Å². The maximum atomic E-state index is 11.9. The predicted molar refractivity (Wildman–Crippen MR) is 144 cm³/mol. The Morgan fingerprint density at radius 2 is 1.84 bits per heavy atom. The Morgan fingerprint density at radius 1 is 1.08 bits per heavy atom. The average molecular weight is 512 g/mol. The largest absolute Gasteiger partial charge is 0.504 e. The lowest BCUT2D eigenvalue weighted by atomic mass is 9.53. The topological polar surface area (TPSA) is 71.4 Å². The van der Waals surface area contributed by atoms with Crippen LogP contribution in [0.25, 0.3) is 0 Å². The maximum absolute atomic E-state index is 11.9. The maximum Gasteiger partial charge on any atom is 0.166 e. The minimum Gasteiger partial charge on any atom is -0.504 e. The van der Waals surface area contributed by atoms with Crippen LogP contribution in [0.1, 0.15) is 41.7 Å². The molecule has 3 aromatic carbocycles. The van der Waals surface area contributed by atoms with E-state index < -0.39 is 18.3 Å². The normalized spacial score (nSPS) is 29.3. The third kappa shape index (κ3) is 3.26. The lowest BCUT2D eigenvalue weighted by Crippen LogP contribution is -2.64. The molecule has 196 valence electrons. The van der Waals surface area contributed by atoms with Crippen molar-refractivity contribution in [2.45, 2.75) is 49.5 Å². The van der Waals surface area contributed by atoms with Gasteiger partial charge >= 0.3 is 0 Å². The third-order valence-corrected chi connectivity index (χ3v) is 9.07. The van der Waals surface area contributed by atoms with Gasteiger partial charge in [0.15, 0.2) is 29.1 Å². The Balaban J connectivity index is 1.41. The fraction of sp³-hybridized carbons (Fsp3) is 0.375. The smallest absolute Gasteiger partial charge is 0.166 e. The molecule has 2 heterocycles. The Labute approximate surface area is 223 Å². The monoisotopic (exact) mass is 511 g/mol. The second-order valence-electron chi connectivity index (χ2n) is 10.9. The van der Waals surface area contributed by atoms with Crippen LogP contribution in [-0.4, -0.2) is 53.6 Å². The first-order valence-electron chi connectivity index (χ1n) is 13.6. The number of hydrogen-bond acceptors (Lipinski definition) is 6. The summed E-state index contributed by atoms with van der Waals surface area (Å²) in [5, 5.41) is 22.9. The highest BCUT2D eigenvalue weighted by atomic mass is 16.5. The summed E-state index contributed by atoms with van der Waals surface area (Å²) in [5.41, 5.74) is 3.52. The second kappa shape index (κ2) is 8.79. The van der Waals surface area contributed by atoms with Gasteiger partial charge in [0.1, 0.15) is 12.2 Å². The van der Waals surface area contributed by atoms with Gasteiger partial charge in [-0.1, -0.05) is 54.6 Å². The summed E-state index contributed by atoms with van der Waals surface area (Å²) in [4.78, 5) is 2.44. The molecule has 1 unspecified atom stereocenters. The number of rotatable bonds is 6. The van der Waals surface area contributed by atoms with Crippen LogP contribution < -0.4 is 14.2 Å². The third-order valence-electron chi connectivity index (χ3n) is 9.07. The summed E-state index contributed by atoms with van der Waals surface area (Å²) in [6.07, 6.45) is 4.11. The fourth-order valence-electron chi connectivity index (χ4n) is 7.42. The van der Waals surface area contributed by atoms with E-state index in [1.54, 1.807) is 0 Å². The summed E-state index contributed by atoms with van der Waals surface area (Å²) in [6, 6.07) is 20.0. The number of hydrogen-bond donors (Lipinski definition) is 2. The zero-order valence-corrected chi connectivity index (χ0v) is 21.7. The fourth-order valence-corrected chi connectivity index (χ4v) is 7.42. The summed E-state index contributed by atoms with van der Waals surface area (Å²) in [7, 11) is 2.19. The van der Waals surface area contributed by atoms with Gasteiger partial charge in [-0.05, 0) is 62.7 Å². The Kier molecular flexibility index (Phi) is 5.46. The zero-order valence-electron chi connectivity index (χ0n) is 21.7. The number of piperidine rings is 1. The van der Waals surface area contributed by atoms with Crippen LogP contribution in [-0.2, 0) is 11.8 Å². The van der Waals surface area contributed by atoms with E-state index in [-0.39, 0.29) is 17.1 Å². The molecule has 2 bridgehead atoms. The molecule has 4 aliphatic rings. The number of ether oxygens (including phenoxy) is 3. The summed E-state index contributed by atoms with van der Waals surface area (Å²) in [6.45, 7) is 3.41. The molecule has 6 atom stereocenters. The van der Waals surface area contributed by atoms with Gasteiger partial charge in [-0.3, -0.25) is 0 Å². The highest BCUT2D eigenvalue weighted by Crippen LogP contribution is 2.63. The number of para-hydroxylation sites is 2. The molecule has 6 nitrogen and oxygen atoms in total. The number of aliphatic hydroxyl groups is 1. The van der Waals surface area contributed by atoms with Crippen LogP contribution in [0, 0.1) is 5.92 Å². The van der Waals surface area contributed by atoms with E-state index in [2.05, 4.69) is 24.1 Å². The number of likely N-dealkylation sites (N-methyl/N-ethyl adjacent to an activating group) is 1. The van der Waals surface area contributed by atoms with E-state index in [9.17, 15) is 10.2 Å². The number of phenolic OH excluding ortho intramolecular Hbond substituents is 1. The summed E-state index contributed by atoms with van der Waals surface area (Å²) < 4.78 is 19.1. The van der Waals surface area contributed by atoms with Gasteiger partial charge in [0.2, 0.25) is 0 Å². The summed E-state index contributed by atoms with van der Waals surface area (Å²) in [5.74, 6) is 2.13. The molecular formula is C32H33NO5. The van der Waals surface area contributed by atoms with Gasteiger partial charge in [-0.25, -0.2) is 0 Å². The Bertz CT molecular complexity index is 1400. The predicted octanol–water partition coefficient (Wildman–Crippen LogP) is 4.77. The van der Waals surface area contributed by atoms with Crippen LogP contribution in [0.15, 0.2) is 72.8 Å². The molecule has 6 heteroatoms. The van der Waals surface area contributed by atoms with E-state index in [4.69, 9.17) is 14.2 Å². The SMILES string of the molecule is CCOc1ccccc1OC(c1ccccc1)c1cc2c3c(c1O)O[C@H]1[C@@H](O)C=C[C@H]4[C@@H](C2)N(C)CC[C@@]341. The molecule has 0 saturated carbocycles. The van der Waals surface area contributed by atoms with Crippen molar-refractivity contribution in [1.82, 2.24) is 4.90 Å². The number of aliphatic hydroxyl groups excluding tert-OH is 1. The van der Waals surface area contributed by atoms with E-state index in [1.165, 1.54) is 5.56 Å². The lowest BCUT2D eigenvalue weighted by molar-refractivity contribution is -0.0453. The van der Waals surface area contributed by atoms with Gasteiger partial charge in [0.05, 0.1) is 6.61 Å². The van der Waals surface area contributed by atoms with Gasteiger partial charge < -0.3 is 29.3 Å². The first kappa shape index (κ1) is 23.6. The minimum absolute atomic E-state index is 0.0959. The molecule has 3 aromatic rings. The number of aromatic hydroxyl groups is 1. The quantitative estimate of drug-likeness (QED) is 0.465. The molecule has 7 rings (SSSR count). The first-order chi connectivity index (χ1) is 18.5. The van der Waals surface area contributed by atoms with Crippen LogP contribution in [0.3, 0.4) is 0 Å². The molecule has 38 heavy (non-hydrogen) atoms. The Morgan fingerprint density at radius 3 is 2.63 bits per heavy atom. The van der Waals surface area contributed by atoms with Crippen molar-refractivity contribution >= 4 is 0 Å². The van der Waals surface area contributed by atoms with Crippen molar-refractivity contribution in [2.75, 3.05) is 20.2 Å². The molecule has 1 saturated heterocycles. The van der Waals surface area contributed by atoms with Crippen LogP contribution >= 0.6 is 0 Å². The number of phenols is 1. The van der Waals surface area contributed by atoms with Crippen LogP contribution in [0.5, 0.6) is 23.0 Å². The molecule has 0 aromatic heterocycles. The van der Waals surface area contributed by atoms with Gasteiger partial charge in [-0.2, -0.15) is 0 Å². The van der Waals surface area contributed by atoms with E-state index in [0.29, 0.717) is 35.5 Å². The van der Waals surface area contributed by atoms with Crippen molar-refractivity contribution in [2.24, 2.45) is 5.92 Å². The molecule has 0 amide bonds. The zero-order chi connectivity index (χ0) is 26.0. The lowest BCUT2D eigenvalue weighted by Gasteiger charge is -2.56. The molecule has 1 spiro atoms. The van der Waals surface area contributed by atoms with Gasteiger partial charge in [-0.15, -0.1) is 0 Å². The highest BCUT2D eigenvalue weighted by Gasteiger charge is 2.64. The second-order valence-corrected chi connectivity index (χ2v) is 10.9. The number of benzene rings is 3. The van der Waals surface area contributed by atoms with Crippen molar-refractivity contribution in [1.29, 1.82) is 0 Å². The minimum atomic E-state index is -0.712. The standard InChI is InChI=1S/C32H33NO5/c1-3-36-25-11-7-8-12-26(25)37-29(19-9-5-4-6-10-19)21-17-20-18-23-22-13-14-24(34)31-32(22,15-16-33(23)2)27(20)30(38-31)28(21)35/h4-14,17,22-24,29,31,34-35H,3,15-16,18H2,1-2H3/t22-,23+,24-,29?,31-,32-/m0/s1. The van der Waals surface area contributed by atoms with Crippen molar-refractivity contribution < 1.29 is 24.4 Å². The average Bonchev–Trinajstić information content (AvgIpc) is 3.29. The van der Waals surface area contributed by atoms with Crippen molar-refractivity contribution in [3.05, 3.63) is 95.1 Å². The molecule has 2 N–H and O–H groups in total. The van der Waals surface area contributed by atoms with Crippen LogP contribution in [0.4, 0.5) is 0 Å². The molecular weight excluding hydrogens is 478 g/mol. The molecule has 2 aliphatic heterocycles. The first-order valence-corrected chi connectivity index (χ1v) is 13.6.